The summed E-state index contributed by atoms with van der Waals surface area (Å²) in [6.07, 6.45) is 2.32. The minimum absolute atomic E-state index is 0.0193. The average molecular weight is 408 g/mol. The number of amides is 1. The maximum atomic E-state index is 12.9. The van der Waals surface area contributed by atoms with Crippen molar-refractivity contribution in [2.45, 2.75) is 19.4 Å². The molecule has 2 aromatic carbocycles. The molecule has 0 spiro atoms. The summed E-state index contributed by atoms with van der Waals surface area (Å²) < 4.78 is 5.52. The normalized spacial score (nSPS) is 18.4. The Hall–Kier alpha value is -3.31. The van der Waals surface area contributed by atoms with Crippen molar-refractivity contribution in [3.05, 3.63) is 94.4 Å². The van der Waals surface area contributed by atoms with Gasteiger partial charge in [-0.3, -0.25) is 14.5 Å². The maximum Gasteiger partial charge on any atom is 0.300 e. The van der Waals surface area contributed by atoms with E-state index in [4.69, 9.17) is 16.0 Å². The predicted molar refractivity (Wildman–Crippen MR) is 111 cm³/mol. The Balaban J connectivity index is 1.90. The van der Waals surface area contributed by atoms with Crippen LogP contribution in [-0.2, 0) is 16.0 Å². The number of benzene rings is 2. The molecule has 29 heavy (non-hydrogen) atoms. The van der Waals surface area contributed by atoms with Gasteiger partial charge in [0.05, 0.1) is 11.8 Å². The molecule has 1 aliphatic rings. The van der Waals surface area contributed by atoms with E-state index in [1.807, 2.05) is 19.1 Å². The van der Waals surface area contributed by atoms with Gasteiger partial charge in [0.1, 0.15) is 17.6 Å². The summed E-state index contributed by atoms with van der Waals surface area (Å²) in [5, 5.41) is 11.4. The molecule has 1 aliphatic heterocycles. The molecule has 0 saturated carbocycles. The molecule has 1 aromatic heterocycles. The summed E-state index contributed by atoms with van der Waals surface area (Å²) in [7, 11) is 0. The molecule has 4 rings (SSSR count). The van der Waals surface area contributed by atoms with Crippen LogP contribution in [0.5, 0.6) is 0 Å². The van der Waals surface area contributed by atoms with Crippen LogP contribution in [0, 0.1) is 0 Å². The molecule has 3 aromatic rings. The minimum atomic E-state index is -0.894. The fourth-order valence-electron chi connectivity index (χ4n) is 3.49. The Morgan fingerprint density at radius 1 is 1.10 bits per heavy atom. The first-order valence-electron chi connectivity index (χ1n) is 9.20. The van der Waals surface area contributed by atoms with Gasteiger partial charge in [-0.05, 0) is 42.3 Å². The molecule has 0 radical (unpaired) electrons. The van der Waals surface area contributed by atoms with Gasteiger partial charge in [-0.2, -0.15) is 0 Å². The van der Waals surface area contributed by atoms with Crippen LogP contribution in [0.1, 0.15) is 29.9 Å². The third kappa shape index (κ3) is 3.34. The third-order valence-electron chi connectivity index (χ3n) is 4.98. The summed E-state index contributed by atoms with van der Waals surface area (Å²) in [5.41, 5.74) is 1.99. The Bertz CT molecular complexity index is 1100. The number of hydrogen-bond donors (Lipinski definition) is 1. The van der Waals surface area contributed by atoms with Gasteiger partial charge in [0.2, 0.25) is 0 Å². The number of carbonyl (C=O) groups excluding carboxylic acids is 2. The SMILES string of the molecule is CCc1ccc(/C(O)=C2/C(=O)C(=O)N(c3cccc(Cl)c3)C2c2ccco2)cc1. The first kappa shape index (κ1) is 19.0. The lowest BCUT2D eigenvalue weighted by Gasteiger charge is -2.23. The summed E-state index contributed by atoms with van der Waals surface area (Å²) >= 11 is 6.10. The number of anilines is 1. The second-order valence-electron chi connectivity index (χ2n) is 6.71. The summed E-state index contributed by atoms with van der Waals surface area (Å²) in [6, 6.07) is 16.3. The highest BCUT2D eigenvalue weighted by atomic mass is 35.5. The lowest BCUT2D eigenvalue weighted by molar-refractivity contribution is -0.132. The highest BCUT2D eigenvalue weighted by Gasteiger charge is 2.48. The highest BCUT2D eigenvalue weighted by molar-refractivity contribution is 6.51. The van der Waals surface area contributed by atoms with Crippen molar-refractivity contribution in [3.8, 4) is 0 Å². The first-order chi connectivity index (χ1) is 14.0. The number of aliphatic hydroxyl groups excluding tert-OH is 1. The Kier molecular flexibility index (Phi) is 4.99. The molecule has 146 valence electrons. The van der Waals surface area contributed by atoms with Crippen LogP contribution >= 0.6 is 11.6 Å². The third-order valence-corrected chi connectivity index (χ3v) is 5.21. The van der Waals surface area contributed by atoms with Crippen molar-refractivity contribution in [3.63, 3.8) is 0 Å². The number of nitrogens with zero attached hydrogens (tertiary/aromatic N) is 1. The van der Waals surface area contributed by atoms with Crippen LogP contribution in [0.4, 0.5) is 5.69 Å². The van der Waals surface area contributed by atoms with Crippen LogP contribution < -0.4 is 4.90 Å². The van der Waals surface area contributed by atoms with Gasteiger partial charge >= 0.3 is 0 Å². The quantitative estimate of drug-likeness (QED) is 0.370. The standard InChI is InChI=1S/C23H18ClNO4/c1-2-14-8-10-15(11-9-14)21(26)19-20(18-7-4-12-29-18)25(23(28)22(19)27)17-6-3-5-16(24)13-17/h3-13,20,26H,2H2,1H3/b21-19-. The molecule has 1 N–H and O–H groups in total. The van der Waals surface area contributed by atoms with E-state index in [9.17, 15) is 14.7 Å². The van der Waals surface area contributed by atoms with Gasteiger partial charge in [0, 0.05) is 16.3 Å². The van der Waals surface area contributed by atoms with Crippen LogP contribution in [0.15, 0.2) is 76.9 Å². The highest BCUT2D eigenvalue weighted by Crippen LogP contribution is 2.42. The molecular formula is C23H18ClNO4. The number of carbonyl (C=O) groups is 2. The monoisotopic (exact) mass is 407 g/mol. The minimum Gasteiger partial charge on any atom is -0.507 e. The molecule has 1 unspecified atom stereocenters. The second-order valence-corrected chi connectivity index (χ2v) is 7.15. The summed E-state index contributed by atoms with van der Waals surface area (Å²) in [6.45, 7) is 2.03. The van der Waals surface area contributed by atoms with E-state index in [1.165, 1.54) is 11.2 Å². The number of rotatable bonds is 4. The molecular weight excluding hydrogens is 390 g/mol. The van der Waals surface area contributed by atoms with Crippen LogP contribution in [0.2, 0.25) is 5.02 Å². The van der Waals surface area contributed by atoms with Crippen molar-refractivity contribution >= 4 is 34.7 Å². The van der Waals surface area contributed by atoms with Gasteiger partial charge < -0.3 is 9.52 Å². The zero-order valence-corrected chi connectivity index (χ0v) is 16.4. The van der Waals surface area contributed by atoms with Gasteiger partial charge in [-0.15, -0.1) is 0 Å². The van der Waals surface area contributed by atoms with Gasteiger partial charge in [0.15, 0.2) is 0 Å². The molecule has 1 saturated heterocycles. The van der Waals surface area contributed by atoms with E-state index in [1.54, 1.807) is 48.5 Å². The van der Waals surface area contributed by atoms with Crippen molar-refractivity contribution in [1.29, 1.82) is 0 Å². The lowest BCUT2D eigenvalue weighted by Crippen LogP contribution is -2.29. The van der Waals surface area contributed by atoms with Crippen LogP contribution in [0.25, 0.3) is 5.76 Å². The molecule has 6 heteroatoms. The Labute approximate surface area is 172 Å². The molecule has 0 aliphatic carbocycles. The number of halogens is 1. The number of aryl methyl sites for hydroxylation is 1. The zero-order valence-electron chi connectivity index (χ0n) is 15.6. The molecule has 1 fully saturated rings. The largest absolute Gasteiger partial charge is 0.507 e. The second kappa shape index (κ2) is 7.60. The smallest absolute Gasteiger partial charge is 0.300 e. The molecule has 5 nitrogen and oxygen atoms in total. The molecule has 0 bridgehead atoms. The van der Waals surface area contributed by atoms with Crippen molar-refractivity contribution in [2.24, 2.45) is 0 Å². The number of furan rings is 1. The van der Waals surface area contributed by atoms with Crippen LogP contribution in [0.3, 0.4) is 0 Å². The fourth-order valence-corrected chi connectivity index (χ4v) is 3.68. The number of Topliss-reactive ketones (excluding diaryl/α,β-unsaturated/α-hetero) is 1. The van der Waals surface area contributed by atoms with Crippen molar-refractivity contribution in [1.82, 2.24) is 0 Å². The number of ketones is 1. The summed E-state index contributed by atoms with van der Waals surface area (Å²) in [5.74, 6) is -1.39. The average Bonchev–Trinajstić information content (AvgIpc) is 3.35. The van der Waals surface area contributed by atoms with E-state index >= 15 is 0 Å². The van der Waals surface area contributed by atoms with E-state index in [0.29, 0.717) is 22.0 Å². The lowest BCUT2D eigenvalue weighted by atomic mass is 9.98. The van der Waals surface area contributed by atoms with Gasteiger partial charge in [0.25, 0.3) is 11.7 Å². The predicted octanol–water partition coefficient (Wildman–Crippen LogP) is 5.12. The fraction of sp³-hybridized carbons (Fsp3) is 0.130. The maximum absolute atomic E-state index is 12.9. The number of hydrogen-bond acceptors (Lipinski definition) is 4. The topological polar surface area (TPSA) is 70.8 Å². The summed E-state index contributed by atoms with van der Waals surface area (Å²) in [4.78, 5) is 27.2. The van der Waals surface area contributed by atoms with Gasteiger partial charge in [-0.1, -0.05) is 48.9 Å². The number of aliphatic hydroxyl groups is 1. The van der Waals surface area contributed by atoms with E-state index in [0.717, 1.165) is 12.0 Å². The molecule has 1 amide bonds. The first-order valence-corrected chi connectivity index (χ1v) is 9.58. The molecule has 2 heterocycles. The van der Waals surface area contributed by atoms with E-state index in [2.05, 4.69) is 0 Å². The van der Waals surface area contributed by atoms with E-state index < -0.39 is 17.7 Å². The Morgan fingerprint density at radius 3 is 2.48 bits per heavy atom. The zero-order chi connectivity index (χ0) is 20.5. The Morgan fingerprint density at radius 2 is 1.86 bits per heavy atom. The van der Waals surface area contributed by atoms with Crippen molar-refractivity contribution in [2.75, 3.05) is 4.90 Å². The van der Waals surface area contributed by atoms with Gasteiger partial charge in [-0.25, -0.2) is 0 Å². The van der Waals surface area contributed by atoms with Crippen LogP contribution in [-0.4, -0.2) is 16.8 Å². The molecule has 1 atom stereocenters. The van der Waals surface area contributed by atoms with E-state index in [-0.39, 0.29) is 11.3 Å². The van der Waals surface area contributed by atoms with Crippen molar-refractivity contribution < 1.29 is 19.1 Å².